The van der Waals surface area contributed by atoms with Crippen molar-refractivity contribution in [1.29, 1.82) is 0 Å². The highest BCUT2D eigenvalue weighted by Gasteiger charge is 2.44. The van der Waals surface area contributed by atoms with Gasteiger partial charge in [-0.1, -0.05) is 20.3 Å². The van der Waals surface area contributed by atoms with Gasteiger partial charge < -0.3 is 10.2 Å². The standard InChI is InChI=1S/C17H30N2O/c1-17(2)9-3-7-14(17)16(20)19-11-5-8-15(19)13-6-4-10-18-12-13/h13-15,18H,3-12H2,1-2H3. The van der Waals surface area contributed by atoms with Crippen molar-refractivity contribution in [2.75, 3.05) is 19.6 Å². The van der Waals surface area contributed by atoms with Crippen LogP contribution in [0.15, 0.2) is 0 Å². The van der Waals surface area contributed by atoms with Crippen LogP contribution in [0.1, 0.15) is 58.8 Å². The highest BCUT2D eigenvalue weighted by Crippen LogP contribution is 2.44. The fraction of sp³-hybridized carbons (Fsp3) is 0.941. The average Bonchev–Trinajstić information content (AvgIpc) is 3.05. The lowest BCUT2D eigenvalue weighted by atomic mass is 9.80. The van der Waals surface area contributed by atoms with Crippen molar-refractivity contribution < 1.29 is 4.79 Å². The molecule has 114 valence electrons. The van der Waals surface area contributed by atoms with Gasteiger partial charge in [0.05, 0.1) is 0 Å². The molecule has 1 N–H and O–H groups in total. The first-order valence-corrected chi connectivity index (χ1v) is 8.61. The predicted octanol–water partition coefficient (Wildman–Crippen LogP) is 2.80. The molecule has 3 aliphatic rings. The molecule has 0 aromatic carbocycles. The zero-order chi connectivity index (χ0) is 14.2. The molecule has 0 spiro atoms. The molecule has 3 atom stereocenters. The molecule has 3 rings (SSSR count). The number of carbonyl (C=O) groups excluding carboxylic acids is 1. The molecule has 0 aromatic rings. The number of amides is 1. The van der Waals surface area contributed by atoms with Crippen LogP contribution < -0.4 is 5.32 Å². The first kappa shape index (κ1) is 14.4. The summed E-state index contributed by atoms with van der Waals surface area (Å²) in [5.74, 6) is 1.44. The zero-order valence-electron chi connectivity index (χ0n) is 13.2. The van der Waals surface area contributed by atoms with Crippen LogP contribution in [0, 0.1) is 17.3 Å². The number of piperidine rings is 1. The summed E-state index contributed by atoms with van der Waals surface area (Å²) in [4.78, 5) is 15.3. The van der Waals surface area contributed by atoms with E-state index in [-0.39, 0.29) is 11.3 Å². The highest BCUT2D eigenvalue weighted by atomic mass is 16.2. The van der Waals surface area contributed by atoms with Crippen LogP contribution in [0.5, 0.6) is 0 Å². The predicted molar refractivity (Wildman–Crippen MR) is 81.5 cm³/mol. The van der Waals surface area contributed by atoms with Crippen molar-refractivity contribution in [3.8, 4) is 0 Å². The van der Waals surface area contributed by atoms with E-state index in [1.807, 2.05) is 0 Å². The van der Waals surface area contributed by atoms with E-state index in [0.717, 1.165) is 26.1 Å². The second-order valence-electron chi connectivity index (χ2n) is 7.78. The molecule has 3 heteroatoms. The zero-order valence-corrected chi connectivity index (χ0v) is 13.2. The molecule has 2 aliphatic heterocycles. The van der Waals surface area contributed by atoms with Gasteiger partial charge in [-0.2, -0.15) is 0 Å². The summed E-state index contributed by atoms with van der Waals surface area (Å²) < 4.78 is 0. The number of likely N-dealkylation sites (tertiary alicyclic amines) is 1. The molecule has 0 radical (unpaired) electrons. The Hall–Kier alpha value is -0.570. The molecule has 1 aliphatic carbocycles. The number of hydrogen-bond acceptors (Lipinski definition) is 2. The van der Waals surface area contributed by atoms with Crippen molar-refractivity contribution in [2.24, 2.45) is 17.3 Å². The van der Waals surface area contributed by atoms with Crippen LogP contribution in [0.3, 0.4) is 0 Å². The monoisotopic (exact) mass is 278 g/mol. The van der Waals surface area contributed by atoms with Crippen LogP contribution >= 0.6 is 0 Å². The summed E-state index contributed by atoms with van der Waals surface area (Å²) >= 11 is 0. The van der Waals surface area contributed by atoms with Crippen molar-refractivity contribution in [1.82, 2.24) is 10.2 Å². The summed E-state index contributed by atoms with van der Waals surface area (Å²) in [7, 11) is 0. The lowest BCUT2D eigenvalue weighted by Gasteiger charge is -2.38. The second-order valence-corrected chi connectivity index (χ2v) is 7.78. The Bertz CT molecular complexity index is 360. The van der Waals surface area contributed by atoms with Crippen LogP contribution in [-0.4, -0.2) is 36.5 Å². The third-order valence-corrected chi connectivity index (χ3v) is 6.02. The molecule has 0 aromatic heterocycles. The molecule has 2 saturated heterocycles. The van der Waals surface area contributed by atoms with Gasteiger partial charge in [-0.25, -0.2) is 0 Å². The highest BCUT2D eigenvalue weighted by molar-refractivity contribution is 5.80. The van der Waals surface area contributed by atoms with Gasteiger partial charge in [-0.3, -0.25) is 4.79 Å². The van der Waals surface area contributed by atoms with Gasteiger partial charge in [0.1, 0.15) is 0 Å². The van der Waals surface area contributed by atoms with Crippen molar-refractivity contribution >= 4 is 5.91 Å². The molecule has 0 bridgehead atoms. The van der Waals surface area contributed by atoms with Crippen LogP contribution in [0.25, 0.3) is 0 Å². The van der Waals surface area contributed by atoms with E-state index < -0.39 is 0 Å². The lowest BCUT2D eigenvalue weighted by molar-refractivity contribution is -0.140. The Morgan fingerprint density at radius 2 is 2.00 bits per heavy atom. The van der Waals surface area contributed by atoms with Gasteiger partial charge in [0.15, 0.2) is 0 Å². The van der Waals surface area contributed by atoms with Gasteiger partial charge in [-0.05, 0) is 62.9 Å². The molecule has 1 amide bonds. The quantitative estimate of drug-likeness (QED) is 0.842. The Morgan fingerprint density at radius 3 is 2.65 bits per heavy atom. The Balaban J connectivity index is 1.70. The van der Waals surface area contributed by atoms with Gasteiger partial charge in [0, 0.05) is 18.5 Å². The van der Waals surface area contributed by atoms with Crippen molar-refractivity contribution in [3.05, 3.63) is 0 Å². The Labute approximate surface area is 123 Å². The van der Waals surface area contributed by atoms with Crippen molar-refractivity contribution in [3.63, 3.8) is 0 Å². The lowest BCUT2D eigenvalue weighted by Crippen LogP contribution is -2.48. The summed E-state index contributed by atoms with van der Waals surface area (Å²) in [6.45, 7) is 7.85. The summed E-state index contributed by atoms with van der Waals surface area (Å²) in [5, 5.41) is 3.52. The molecular formula is C17H30N2O. The second kappa shape index (κ2) is 5.67. The fourth-order valence-electron chi connectivity index (χ4n) is 4.75. The SMILES string of the molecule is CC1(C)CCCC1C(=O)N1CCCC1C1CCCNC1. The normalized spacial score (nSPS) is 37.3. The Kier molecular flexibility index (Phi) is 4.07. The number of nitrogens with one attached hydrogen (secondary N) is 1. The first-order valence-electron chi connectivity index (χ1n) is 8.61. The van der Waals surface area contributed by atoms with E-state index in [2.05, 4.69) is 24.1 Å². The van der Waals surface area contributed by atoms with E-state index in [0.29, 0.717) is 17.9 Å². The van der Waals surface area contributed by atoms with E-state index >= 15 is 0 Å². The first-order chi connectivity index (χ1) is 9.59. The van der Waals surface area contributed by atoms with Crippen LogP contribution in [0.2, 0.25) is 0 Å². The van der Waals surface area contributed by atoms with Gasteiger partial charge in [0.2, 0.25) is 5.91 Å². The average molecular weight is 278 g/mol. The minimum absolute atomic E-state index is 0.217. The van der Waals surface area contributed by atoms with Gasteiger partial charge >= 0.3 is 0 Å². The summed E-state index contributed by atoms with van der Waals surface area (Å²) in [5.41, 5.74) is 0.217. The minimum Gasteiger partial charge on any atom is -0.339 e. The molecule has 20 heavy (non-hydrogen) atoms. The maximum absolute atomic E-state index is 13.0. The van der Waals surface area contributed by atoms with E-state index in [1.165, 1.54) is 38.5 Å². The number of hydrogen-bond donors (Lipinski definition) is 1. The molecule has 3 fully saturated rings. The molecule has 2 heterocycles. The maximum Gasteiger partial charge on any atom is 0.226 e. The smallest absolute Gasteiger partial charge is 0.226 e. The Morgan fingerprint density at radius 1 is 1.15 bits per heavy atom. The molecule has 3 unspecified atom stereocenters. The van der Waals surface area contributed by atoms with E-state index in [9.17, 15) is 4.79 Å². The van der Waals surface area contributed by atoms with Crippen molar-refractivity contribution in [2.45, 2.75) is 64.8 Å². The largest absolute Gasteiger partial charge is 0.339 e. The van der Waals surface area contributed by atoms with Gasteiger partial charge in [0.25, 0.3) is 0 Å². The minimum atomic E-state index is 0.217. The van der Waals surface area contributed by atoms with Crippen LogP contribution in [-0.2, 0) is 4.79 Å². The molecule has 3 nitrogen and oxygen atoms in total. The van der Waals surface area contributed by atoms with Crippen LogP contribution in [0.4, 0.5) is 0 Å². The fourth-order valence-corrected chi connectivity index (χ4v) is 4.75. The van der Waals surface area contributed by atoms with Gasteiger partial charge in [-0.15, -0.1) is 0 Å². The topological polar surface area (TPSA) is 32.3 Å². The molecule has 1 saturated carbocycles. The number of carbonyl (C=O) groups is 1. The van der Waals surface area contributed by atoms with E-state index in [1.54, 1.807) is 0 Å². The third-order valence-electron chi connectivity index (χ3n) is 6.02. The summed E-state index contributed by atoms with van der Waals surface area (Å²) in [6, 6.07) is 0.520. The molecular weight excluding hydrogens is 248 g/mol. The number of nitrogens with zero attached hydrogens (tertiary/aromatic N) is 1. The number of rotatable bonds is 2. The third kappa shape index (κ3) is 2.61. The van der Waals surface area contributed by atoms with E-state index in [4.69, 9.17) is 0 Å². The maximum atomic E-state index is 13.0. The summed E-state index contributed by atoms with van der Waals surface area (Å²) in [6.07, 6.45) is 8.57.